The molecule has 2 rings (SSSR count). The summed E-state index contributed by atoms with van der Waals surface area (Å²) >= 11 is 5.88. The number of likely N-dealkylation sites (N-methyl/N-ethyl adjacent to an activating group) is 1. The second-order valence-electron chi connectivity index (χ2n) is 4.93. The van der Waals surface area contributed by atoms with E-state index in [9.17, 15) is 4.79 Å². The number of amides is 1. The molecule has 0 spiro atoms. The Morgan fingerprint density at radius 1 is 1.50 bits per heavy atom. The van der Waals surface area contributed by atoms with E-state index in [1.54, 1.807) is 12.1 Å². The third kappa shape index (κ3) is 4.96. The molecule has 1 aromatic rings. The number of carbonyl (C=O) groups is 1. The highest BCUT2D eigenvalue weighted by Gasteiger charge is 2.10. The van der Waals surface area contributed by atoms with Gasteiger partial charge in [-0.1, -0.05) is 23.7 Å². The van der Waals surface area contributed by atoms with Crippen molar-refractivity contribution < 1.29 is 9.53 Å². The third-order valence-electron chi connectivity index (χ3n) is 2.98. The van der Waals surface area contributed by atoms with E-state index in [0.717, 1.165) is 25.3 Å². The van der Waals surface area contributed by atoms with Gasteiger partial charge in [-0.25, -0.2) is 0 Å². The van der Waals surface area contributed by atoms with E-state index in [4.69, 9.17) is 16.3 Å². The molecule has 20 heavy (non-hydrogen) atoms. The molecule has 0 bridgehead atoms. The van der Waals surface area contributed by atoms with Crippen molar-refractivity contribution in [2.75, 3.05) is 38.7 Å². The molecule has 0 aliphatic carbocycles. The average Bonchev–Trinajstić information content (AvgIpc) is 2.39. The fourth-order valence-electron chi connectivity index (χ4n) is 2.13. The molecule has 1 amide bonds. The van der Waals surface area contributed by atoms with E-state index in [1.807, 2.05) is 24.1 Å². The number of anilines is 1. The summed E-state index contributed by atoms with van der Waals surface area (Å²) in [6.45, 7) is 2.55. The first-order valence-electron chi connectivity index (χ1n) is 6.63. The summed E-state index contributed by atoms with van der Waals surface area (Å²) in [6.07, 6.45) is 3.15. The molecule has 0 radical (unpaired) electrons. The Hall–Kier alpha value is -1.36. The molecule has 0 atom stereocenters. The molecule has 0 saturated heterocycles. The van der Waals surface area contributed by atoms with Crippen LogP contribution in [0.3, 0.4) is 0 Å². The molecule has 4 nitrogen and oxygen atoms in total. The molecule has 0 aromatic heterocycles. The Balaban J connectivity index is 1.80. The van der Waals surface area contributed by atoms with Gasteiger partial charge in [-0.05, 0) is 37.2 Å². The van der Waals surface area contributed by atoms with Crippen LogP contribution in [-0.2, 0) is 9.53 Å². The highest BCUT2D eigenvalue weighted by Crippen LogP contribution is 2.14. The first-order chi connectivity index (χ1) is 9.63. The van der Waals surface area contributed by atoms with Crippen molar-refractivity contribution in [2.24, 2.45) is 0 Å². The predicted octanol–water partition coefficient (Wildman–Crippen LogP) is 2.56. The second kappa shape index (κ2) is 7.43. The lowest BCUT2D eigenvalue weighted by atomic mass is 10.2. The van der Waals surface area contributed by atoms with Crippen molar-refractivity contribution in [2.45, 2.75) is 6.42 Å². The van der Waals surface area contributed by atoms with Gasteiger partial charge in [0.25, 0.3) is 0 Å². The largest absolute Gasteiger partial charge is 0.377 e. The standard InChI is InChI=1S/C15H19ClN2O2/c1-18(9-12-4-3-7-20-11-12)10-15(19)17-14-6-2-5-13(16)8-14/h2,4-6,8H,3,7,9-11H2,1H3,(H,17,19). The van der Waals surface area contributed by atoms with E-state index in [1.165, 1.54) is 5.57 Å². The van der Waals surface area contributed by atoms with E-state index in [2.05, 4.69) is 11.4 Å². The molecular weight excluding hydrogens is 276 g/mol. The molecule has 1 aromatic carbocycles. The van der Waals surface area contributed by atoms with Crippen molar-refractivity contribution in [3.8, 4) is 0 Å². The van der Waals surface area contributed by atoms with Crippen LogP contribution in [0.1, 0.15) is 6.42 Å². The topological polar surface area (TPSA) is 41.6 Å². The van der Waals surface area contributed by atoms with Crippen molar-refractivity contribution in [1.82, 2.24) is 4.90 Å². The van der Waals surface area contributed by atoms with Crippen LogP contribution in [0.25, 0.3) is 0 Å². The quantitative estimate of drug-likeness (QED) is 0.849. The fraction of sp³-hybridized carbons (Fsp3) is 0.400. The van der Waals surface area contributed by atoms with E-state index in [0.29, 0.717) is 18.2 Å². The van der Waals surface area contributed by atoms with E-state index in [-0.39, 0.29) is 5.91 Å². The van der Waals surface area contributed by atoms with Crippen molar-refractivity contribution in [3.63, 3.8) is 0 Å². The summed E-state index contributed by atoms with van der Waals surface area (Å²) in [5.41, 5.74) is 1.95. The molecule has 0 fully saturated rings. The van der Waals surface area contributed by atoms with Gasteiger partial charge in [0.1, 0.15) is 0 Å². The number of nitrogens with zero attached hydrogens (tertiary/aromatic N) is 1. The number of benzene rings is 1. The molecule has 0 unspecified atom stereocenters. The first-order valence-corrected chi connectivity index (χ1v) is 7.01. The monoisotopic (exact) mass is 294 g/mol. The zero-order valence-electron chi connectivity index (χ0n) is 11.6. The SMILES string of the molecule is CN(CC(=O)Nc1cccc(Cl)c1)CC1=CCCOC1. The zero-order valence-corrected chi connectivity index (χ0v) is 12.3. The second-order valence-corrected chi connectivity index (χ2v) is 5.37. The smallest absolute Gasteiger partial charge is 0.238 e. The van der Waals surface area contributed by atoms with Gasteiger partial charge in [0, 0.05) is 17.3 Å². The van der Waals surface area contributed by atoms with Crippen LogP contribution in [0.4, 0.5) is 5.69 Å². The number of halogens is 1. The summed E-state index contributed by atoms with van der Waals surface area (Å²) in [7, 11) is 1.92. The maximum absolute atomic E-state index is 11.9. The van der Waals surface area contributed by atoms with Crippen molar-refractivity contribution in [1.29, 1.82) is 0 Å². The Labute approximate surface area is 124 Å². The molecule has 5 heteroatoms. The maximum atomic E-state index is 11.9. The molecule has 1 N–H and O–H groups in total. The minimum absolute atomic E-state index is 0.0490. The van der Waals surface area contributed by atoms with E-state index >= 15 is 0 Å². The van der Waals surface area contributed by atoms with Crippen LogP contribution in [-0.4, -0.2) is 44.2 Å². The van der Waals surface area contributed by atoms with Gasteiger partial charge in [-0.3, -0.25) is 9.69 Å². The molecule has 1 aliphatic heterocycles. The summed E-state index contributed by atoms with van der Waals surface area (Å²) < 4.78 is 5.39. The predicted molar refractivity (Wildman–Crippen MR) is 81.1 cm³/mol. The normalized spacial score (nSPS) is 15.1. The van der Waals surface area contributed by atoms with Gasteiger partial charge in [0.2, 0.25) is 5.91 Å². The van der Waals surface area contributed by atoms with Crippen LogP contribution in [0.2, 0.25) is 5.02 Å². The van der Waals surface area contributed by atoms with Crippen molar-refractivity contribution >= 4 is 23.2 Å². The molecule has 1 aliphatic rings. The van der Waals surface area contributed by atoms with E-state index < -0.39 is 0 Å². The summed E-state index contributed by atoms with van der Waals surface area (Å²) in [4.78, 5) is 13.9. The minimum atomic E-state index is -0.0490. The highest BCUT2D eigenvalue weighted by atomic mass is 35.5. The lowest BCUT2D eigenvalue weighted by molar-refractivity contribution is -0.117. The van der Waals surface area contributed by atoms with Crippen LogP contribution in [0, 0.1) is 0 Å². The fourth-order valence-corrected chi connectivity index (χ4v) is 2.32. The van der Waals surface area contributed by atoms with Crippen molar-refractivity contribution in [3.05, 3.63) is 40.9 Å². The Morgan fingerprint density at radius 2 is 2.35 bits per heavy atom. The Morgan fingerprint density at radius 3 is 3.05 bits per heavy atom. The Bertz CT molecular complexity index is 502. The van der Waals surface area contributed by atoms with Crippen LogP contribution in [0.5, 0.6) is 0 Å². The van der Waals surface area contributed by atoms with Crippen LogP contribution < -0.4 is 5.32 Å². The molecular formula is C15H19ClN2O2. The van der Waals surface area contributed by atoms with Gasteiger partial charge in [0.05, 0.1) is 19.8 Å². The molecule has 0 saturated carbocycles. The van der Waals surface area contributed by atoms with Crippen LogP contribution in [0.15, 0.2) is 35.9 Å². The highest BCUT2D eigenvalue weighted by molar-refractivity contribution is 6.30. The van der Waals surface area contributed by atoms with Crippen LogP contribution >= 0.6 is 11.6 Å². The molecule has 108 valence electrons. The summed E-state index contributed by atoms with van der Waals surface area (Å²) in [5, 5.41) is 3.45. The Kier molecular flexibility index (Phi) is 5.59. The van der Waals surface area contributed by atoms with Gasteiger partial charge in [0.15, 0.2) is 0 Å². The van der Waals surface area contributed by atoms with Gasteiger partial charge < -0.3 is 10.1 Å². The lowest BCUT2D eigenvalue weighted by Crippen LogP contribution is -2.32. The molecule has 1 heterocycles. The number of carbonyl (C=O) groups excluding carboxylic acids is 1. The number of hydrogen-bond acceptors (Lipinski definition) is 3. The first kappa shape index (κ1) is 15.0. The average molecular weight is 295 g/mol. The number of ether oxygens (including phenoxy) is 1. The third-order valence-corrected chi connectivity index (χ3v) is 3.21. The summed E-state index contributed by atoms with van der Waals surface area (Å²) in [5.74, 6) is -0.0490. The lowest BCUT2D eigenvalue weighted by Gasteiger charge is -2.20. The van der Waals surface area contributed by atoms with Gasteiger partial charge in [-0.2, -0.15) is 0 Å². The number of rotatable bonds is 5. The minimum Gasteiger partial charge on any atom is -0.377 e. The van der Waals surface area contributed by atoms with Gasteiger partial charge in [-0.15, -0.1) is 0 Å². The zero-order chi connectivity index (χ0) is 14.4. The summed E-state index contributed by atoms with van der Waals surface area (Å²) in [6, 6.07) is 7.14. The maximum Gasteiger partial charge on any atom is 0.238 e. The van der Waals surface area contributed by atoms with Gasteiger partial charge >= 0.3 is 0 Å². The number of hydrogen-bond donors (Lipinski definition) is 1. The number of nitrogens with one attached hydrogen (secondary N) is 1.